The van der Waals surface area contributed by atoms with E-state index in [-0.39, 0.29) is 5.41 Å². The second kappa shape index (κ2) is 9.43. The molecule has 0 aliphatic rings. The number of hydrogen-bond donors (Lipinski definition) is 1. The van der Waals surface area contributed by atoms with Gasteiger partial charge in [0.1, 0.15) is 0 Å². The van der Waals surface area contributed by atoms with Crippen molar-refractivity contribution in [2.24, 2.45) is 0 Å². The van der Waals surface area contributed by atoms with E-state index in [1.165, 1.54) is 44.2 Å². The topological polar surface area (TPSA) is 12.0 Å². The molecule has 0 saturated carbocycles. The van der Waals surface area contributed by atoms with Gasteiger partial charge >= 0.3 is 0 Å². The normalized spacial score (nSPS) is 11.5. The van der Waals surface area contributed by atoms with Crippen LogP contribution in [0.3, 0.4) is 0 Å². The lowest BCUT2D eigenvalue weighted by molar-refractivity contribution is 0.590. The molecule has 5 rings (SSSR count). The van der Waals surface area contributed by atoms with Crippen molar-refractivity contribution in [3.8, 4) is 11.1 Å². The van der Waals surface area contributed by atoms with Crippen molar-refractivity contribution in [1.82, 2.24) is 0 Å². The molecule has 0 unspecified atom stereocenters. The fourth-order valence-corrected chi connectivity index (χ4v) is 4.71. The summed E-state index contributed by atoms with van der Waals surface area (Å²) in [6.45, 7) is 8.95. The summed E-state index contributed by atoms with van der Waals surface area (Å²) >= 11 is 0. The van der Waals surface area contributed by atoms with Crippen molar-refractivity contribution in [3.63, 3.8) is 0 Å². The molecular weight excluding hydrogens is 422 g/mol. The van der Waals surface area contributed by atoms with Gasteiger partial charge in [-0.3, -0.25) is 0 Å². The Morgan fingerprint density at radius 3 is 1.91 bits per heavy atom. The molecule has 5 aromatic rings. The third-order valence-corrected chi connectivity index (χ3v) is 6.78. The Hall–Kier alpha value is -3.84. The minimum atomic E-state index is 0.154. The summed E-state index contributed by atoms with van der Waals surface area (Å²) in [6.07, 6.45) is 0.909. The summed E-state index contributed by atoms with van der Waals surface area (Å²) in [5.74, 6) is 0. The van der Waals surface area contributed by atoms with Gasteiger partial charge in [-0.15, -0.1) is 0 Å². The van der Waals surface area contributed by atoms with Gasteiger partial charge < -0.3 is 5.32 Å². The number of anilines is 2. The lowest BCUT2D eigenvalue weighted by Crippen LogP contribution is -2.10. The Morgan fingerprint density at radius 1 is 0.600 bits per heavy atom. The summed E-state index contributed by atoms with van der Waals surface area (Å²) in [7, 11) is 0. The zero-order valence-corrected chi connectivity index (χ0v) is 21.1. The summed E-state index contributed by atoms with van der Waals surface area (Å²) in [6, 6.07) is 39.6. The van der Waals surface area contributed by atoms with E-state index in [0.717, 1.165) is 17.8 Å². The SMILES string of the molecule is Cc1ccc(Nc2ccc(C(C)(C)C)cc2)cc1-c1cc2ccccc2cc1Cc1ccccc1. The highest BCUT2D eigenvalue weighted by Crippen LogP contribution is 2.35. The second-order valence-electron chi connectivity index (χ2n) is 10.5. The maximum atomic E-state index is 3.63. The van der Waals surface area contributed by atoms with Crippen LogP contribution >= 0.6 is 0 Å². The molecule has 174 valence electrons. The van der Waals surface area contributed by atoms with E-state index in [1.54, 1.807) is 0 Å². The fourth-order valence-electron chi connectivity index (χ4n) is 4.71. The van der Waals surface area contributed by atoms with Crippen LogP contribution in [-0.4, -0.2) is 0 Å². The van der Waals surface area contributed by atoms with E-state index in [4.69, 9.17) is 0 Å². The van der Waals surface area contributed by atoms with Crippen LogP contribution in [0.2, 0.25) is 0 Å². The molecule has 0 spiro atoms. The molecule has 5 aromatic carbocycles. The Bertz CT molecular complexity index is 1460. The highest BCUT2D eigenvalue weighted by Gasteiger charge is 2.14. The van der Waals surface area contributed by atoms with Crippen molar-refractivity contribution in [3.05, 3.63) is 131 Å². The van der Waals surface area contributed by atoms with E-state index >= 15 is 0 Å². The zero-order chi connectivity index (χ0) is 24.4. The average Bonchev–Trinajstić information content (AvgIpc) is 2.85. The Balaban J connectivity index is 1.55. The average molecular weight is 456 g/mol. The Morgan fingerprint density at radius 2 is 1.23 bits per heavy atom. The third-order valence-electron chi connectivity index (χ3n) is 6.78. The molecule has 0 bridgehead atoms. The standard InChI is InChI=1S/C34H33N/c1-24-14-17-31(35-30-18-15-29(16-19-30)34(2,3)4)23-32(24)33-22-27-13-9-8-12-26(27)21-28(33)20-25-10-6-5-7-11-25/h5-19,21-23,35H,20H2,1-4H3. The molecule has 35 heavy (non-hydrogen) atoms. The molecule has 0 aliphatic carbocycles. The molecule has 0 aliphatic heterocycles. The van der Waals surface area contributed by atoms with E-state index in [1.807, 2.05) is 0 Å². The molecule has 0 heterocycles. The molecule has 1 nitrogen and oxygen atoms in total. The van der Waals surface area contributed by atoms with Crippen LogP contribution in [0.1, 0.15) is 43.0 Å². The summed E-state index contributed by atoms with van der Waals surface area (Å²) in [5.41, 5.74) is 10.2. The fraction of sp³-hybridized carbons (Fsp3) is 0.176. The number of nitrogens with one attached hydrogen (secondary N) is 1. The van der Waals surface area contributed by atoms with Crippen LogP contribution in [0.25, 0.3) is 21.9 Å². The number of benzene rings is 5. The Labute approximate surface area is 209 Å². The van der Waals surface area contributed by atoms with Crippen molar-refractivity contribution >= 4 is 22.1 Å². The van der Waals surface area contributed by atoms with Gasteiger partial charge in [-0.2, -0.15) is 0 Å². The van der Waals surface area contributed by atoms with Gasteiger partial charge in [-0.25, -0.2) is 0 Å². The van der Waals surface area contributed by atoms with Crippen LogP contribution in [0.15, 0.2) is 109 Å². The van der Waals surface area contributed by atoms with Gasteiger partial charge in [0.15, 0.2) is 0 Å². The van der Waals surface area contributed by atoms with E-state index in [9.17, 15) is 0 Å². The molecule has 0 radical (unpaired) electrons. The predicted molar refractivity (Wildman–Crippen MR) is 152 cm³/mol. The predicted octanol–water partition coefficient (Wildman–Crippen LogP) is 9.45. The first kappa shape index (κ1) is 22.9. The molecule has 0 aromatic heterocycles. The van der Waals surface area contributed by atoms with Crippen LogP contribution in [0, 0.1) is 6.92 Å². The minimum Gasteiger partial charge on any atom is -0.356 e. The van der Waals surface area contributed by atoms with Crippen molar-refractivity contribution in [2.75, 3.05) is 5.32 Å². The second-order valence-corrected chi connectivity index (χ2v) is 10.5. The van der Waals surface area contributed by atoms with Gasteiger partial charge in [0, 0.05) is 11.4 Å². The Kier molecular flexibility index (Phi) is 6.17. The van der Waals surface area contributed by atoms with Crippen molar-refractivity contribution < 1.29 is 0 Å². The van der Waals surface area contributed by atoms with Gasteiger partial charge in [-0.05, 0) is 93.2 Å². The number of rotatable bonds is 5. The number of hydrogen-bond acceptors (Lipinski definition) is 1. The third kappa shape index (κ3) is 5.15. The van der Waals surface area contributed by atoms with Crippen molar-refractivity contribution in [1.29, 1.82) is 0 Å². The van der Waals surface area contributed by atoms with Crippen LogP contribution in [0.5, 0.6) is 0 Å². The van der Waals surface area contributed by atoms with E-state index in [2.05, 4.69) is 142 Å². The lowest BCUT2D eigenvalue weighted by atomic mass is 9.87. The number of fused-ring (bicyclic) bond motifs is 1. The highest BCUT2D eigenvalue weighted by atomic mass is 14.9. The van der Waals surface area contributed by atoms with Crippen LogP contribution < -0.4 is 5.32 Å². The van der Waals surface area contributed by atoms with E-state index < -0.39 is 0 Å². The molecule has 0 fully saturated rings. The largest absolute Gasteiger partial charge is 0.356 e. The van der Waals surface area contributed by atoms with Gasteiger partial charge in [0.2, 0.25) is 0 Å². The molecule has 0 atom stereocenters. The van der Waals surface area contributed by atoms with Crippen LogP contribution in [0.4, 0.5) is 11.4 Å². The summed E-state index contributed by atoms with van der Waals surface area (Å²) < 4.78 is 0. The number of aryl methyl sites for hydroxylation is 1. The first-order chi connectivity index (χ1) is 16.9. The monoisotopic (exact) mass is 455 g/mol. The first-order valence-electron chi connectivity index (χ1n) is 12.4. The van der Waals surface area contributed by atoms with Gasteiger partial charge in [0.25, 0.3) is 0 Å². The first-order valence-corrected chi connectivity index (χ1v) is 12.4. The summed E-state index contributed by atoms with van der Waals surface area (Å²) in [5, 5.41) is 6.18. The molecular formula is C34H33N. The maximum absolute atomic E-state index is 3.63. The van der Waals surface area contributed by atoms with Crippen molar-refractivity contribution in [2.45, 2.75) is 39.5 Å². The summed E-state index contributed by atoms with van der Waals surface area (Å²) in [4.78, 5) is 0. The highest BCUT2D eigenvalue weighted by molar-refractivity contribution is 5.90. The quantitative estimate of drug-likeness (QED) is 0.278. The molecule has 1 heteroatoms. The minimum absolute atomic E-state index is 0.154. The van der Waals surface area contributed by atoms with Crippen LogP contribution in [-0.2, 0) is 11.8 Å². The maximum Gasteiger partial charge on any atom is 0.0390 e. The van der Waals surface area contributed by atoms with E-state index in [0.29, 0.717) is 0 Å². The van der Waals surface area contributed by atoms with Gasteiger partial charge in [0.05, 0.1) is 0 Å². The molecule has 1 N–H and O–H groups in total. The zero-order valence-electron chi connectivity index (χ0n) is 21.1. The smallest absolute Gasteiger partial charge is 0.0390 e. The molecule has 0 amide bonds. The molecule has 0 saturated heterocycles. The lowest BCUT2D eigenvalue weighted by Gasteiger charge is -2.19. The van der Waals surface area contributed by atoms with Gasteiger partial charge in [-0.1, -0.05) is 99.6 Å².